The van der Waals surface area contributed by atoms with Gasteiger partial charge >= 0.3 is 0 Å². The maximum absolute atomic E-state index is 12.2. The molecule has 9 nitrogen and oxygen atoms in total. The van der Waals surface area contributed by atoms with E-state index in [0.717, 1.165) is 43.4 Å². The molecule has 1 fully saturated rings. The van der Waals surface area contributed by atoms with Crippen molar-refractivity contribution in [2.24, 2.45) is 11.7 Å². The number of anilines is 2. The van der Waals surface area contributed by atoms with Gasteiger partial charge in [-0.15, -0.1) is 0 Å². The molecule has 0 atom stereocenters. The summed E-state index contributed by atoms with van der Waals surface area (Å²) in [6.07, 6.45) is 7.74. The molecule has 0 radical (unpaired) electrons. The first-order valence-corrected chi connectivity index (χ1v) is 10.2. The van der Waals surface area contributed by atoms with Gasteiger partial charge in [0.25, 0.3) is 5.91 Å². The molecule has 0 spiro atoms. The van der Waals surface area contributed by atoms with Crippen molar-refractivity contribution < 1.29 is 14.3 Å². The Morgan fingerprint density at radius 1 is 1.27 bits per heavy atom. The third kappa shape index (κ3) is 4.11. The van der Waals surface area contributed by atoms with E-state index >= 15 is 0 Å². The monoisotopic (exact) mass is 410 g/mol. The first kappa shape index (κ1) is 20.2. The lowest BCUT2D eigenvalue weighted by atomic mass is 9.87. The molecule has 1 saturated carbocycles. The van der Waals surface area contributed by atoms with Crippen molar-refractivity contribution in [1.29, 1.82) is 0 Å². The zero-order valence-corrected chi connectivity index (χ0v) is 17.2. The SMILES string of the molecule is COC1CCC(CN2CC(=O)Nc3ncc(-c4cnc(C(N)=O)cc4C)nc32)CC1. The Morgan fingerprint density at radius 2 is 2.03 bits per heavy atom. The molecule has 2 amide bonds. The number of aryl methyl sites for hydroxylation is 1. The first-order chi connectivity index (χ1) is 14.4. The van der Waals surface area contributed by atoms with Crippen LogP contribution in [0.4, 0.5) is 11.6 Å². The number of nitrogens with two attached hydrogens (primary N) is 1. The quantitative estimate of drug-likeness (QED) is 0.772. The fraction of sp³-hybridized carbons (Fsp3) is 0.476. The average Bonchev–Trinajstić information content (AvgIpc) is 2.74. The van der Waals surface area contributed by atoms with Crippen LogP contribution in [0.2, 0.25) is 0 Å². The van der Waals surface area contributed by atoms with Crippen LogP contribution in [0.25, 0.3) is 11.3 Å². The van der Waals surface area contributed by atoms with E-state index in [2.05, 4.69) is 15.3 Å². The number of hydrogen-bond donors (Lipinski definition) is 2. The number of carbonyl (C=O) groups excluding carboxylic acids is 2. The second-order valence-corrected chi connectivity index (χ2v) is 7.98. The minimum atomic E-state index is -0.571. The molecule has 158 valence electrons. The molecule has 2 aromatic rings. The molecule has 30 heavy (non-hydrogen) atoms. The van der Waals surface area contributed by atoms with Gasteiger partial charge in [-0.25, -0.2) is 9.97 Å². The number of aromatic nitrogens is 3. The predicted molar refractivity (Wildman–Crippen MR) is 112 cm³/mol. The Hall–Kier alpha value is -3.07. The van der Waals surface area contributed by atoms with Crippen molar-refractivity contribution in [3.8, 4) is 11.3 Å². The summed E-state index contributed by atoms with van der Waals surface area (Å²) >= 11 is 0. The predicted octanol–water partition coefficient (Wildman–Crippen LogP) is 1.91. The Morgan fingerprint density at radius 3 is 2.70 bits per heavy atom. The zero-order chi connectivity index (χ0) is 21.3. The van der Waals surface area contributed by atoms with E-state index in [1.807, 2.05) is 11.8 Å². The highest BCUT2D eigenvalue weighted by molar-refractivity contribution is 5.99. The van der Waals surface area contributed by atoms with Gasteiger partial charge in [0.05, 0.1) is 24.5 Å². The van der Waals surface area contributed by atoms with Gasteiger partial charge in [-0.05, 0) is 50.2 Å². The van der Waals surface area contributed by atoms with Crippen LogP contribution < -0.4 is 16.0 Å². The van der Waals surface area contributed by atoms with Gasteiger partial charge in [0.15, 0.2) is 11.6 Å². The highest BCUT2D eigenvalue weighted by Gasteiger charge is 2.29. The lowest BCUT2D eigenvalue weighted by molar-refractivity contribution is -0.115. The van der Waals surface area contributed by atoms with Crippen molar-refractivity contribution in [3.63, 3.8) is 0 Å². The minimum Gasteiger partial charge on any atom is -0.381 e. The van der Waals surface area contributed by atoms with E-state index in [1.54, 1.807) is 25.6 Å². The minimum absolute atomic E-state index is 0.0845. The van der Waals surface area contributed by atoms with E-state index in [-0.39, 0.29) is 18.1 Å². The highest BCUT2D eigenvalue weighted by Crippen LogP contribution is 2.33. The molecule has 0 aromatic carbocycles. The largest absolute Gasteiger partial charge is 0.381 e. The Kier molecular flexibility index (Phi) is 5.63. The number of methoxy groups -OCH3 is 1. The Bertz CT molecular complexity index is 971. The van der Waals surface area contributed by atoms with Gasteiger partial charge in [0.1, 0.15) is 5.69 Å². The van der Waals surface area contributed by atoms with E-state index in [1.165, 1.54) is 0 Å². The Labute approximate surface area is 175 Å². The molecule has 1 aliphatic heterocycles. The molecule has 0 bridgehead atoms. The average molecular weight is 410 g/mol. The van der Waals surface area contributed by atoms with Gasteiger partial charge in [-0.3, -0.25) is 14.6 Å². The summed E-state index contributed by atoms with van der Waals surface area (Å²) in [6, 6.07) is 1.65. The molecule has 2 aromatic heterocycles. The van der Waals surface area contributed by atoms with Crippen LogP contribution in [0, 0.1) is 12.8 Å². The van der Waals surface area contributed by atoms with Gasteiger partial charge in [-0.1, -0.05) is 0 Å². The number of nitrogens with zero attached hydrogens (tertiary/aromatic N) is 4. The number of pyridine rings is 1. The van der Waals surface area contributed by atoms with Crippen molar-refractivity contribution in [3.05, 3.63) is 29.7 Å². The summed E-state index contributed by atoms with van der Waals surface area (Å²) in [4.78, 5) is 38.9. The maximum atomic E-state index is 12.2. The number of amides is 2. The van der Waals surface area contributed by atoms with Gasteiger partial charge < -0.3 is 20.7 Å². The lowest BCUT2D eigenvalue weighted by Gasteiger charge is -2.35. The summed E-state index contributed by atoms with van der Waals surface area (Å²) in [5.41, 5.74) is 7.77. The summed E-state index contributed by atoms with van der Waals surface area (Å²) in [7, 11) is 1.76. The topological polar surface area (TPSA) is 123 Å². The fourth-order valence-electron chi connectivity index (χ4n) is 4.21. The molecule has 4 rings (SSSR count). The molecule has 3 heterocycles. The van der Waals surface area contributed by atoms with Crippen LogP contribution in [-0.2, 0) is 9.53 Å². The van der Waals surface area contributed by atoms with Crippen LogP contribution in [0.15, 0.2) is 18.5 Å². The molecule has 0 saturated heterocycles. The van der Waals surface area contributed by atoms with Crippen molar-refractivity contribution >= 4 is 23.5 Å². The number of fused-ring (bicyclic) bond motifs is 1. The fourth-order valence-corrected chi connectivity index (χ4v) is 4.21. The number of ether oxygens (including phenoxy) is 1. The van der Waals surface area contributed by atoms with E-state index < -0.39 is 5.91 Å². The summed E-state index contributed by atoms with van der Waals surface area (Å²) in [6.45, 7) is 2.89. The third-order valence-electron chi connectivity index (χ3n) is 5.89. The normalized spacial score (nSPS) is 21.1. The van der Waals surface area contributed by atoms with Crippen molar-refractivity contribution in [1.82, 2.24) is 15.0 Å². The van der Waals surface area contributed by atoms with Crippen molar-refractivity contribution in [2.75, 3.05) is 30.4 Å². The van der Waals surface area contributed by atoms with Crippen LogP contribution in [0.3, 0.4) is 0 Å². The van der Waals surface area contributed by atoms with E-state index in [9.17, 15) is 9.59 Å². The molecule has 1 aliphatic carbocycles. The van der Waals surface area contributed by atoms with Gasteiger partial charge in [-0.2, -0.15) is 0 Å². The van der Waals surface area contributed by atoms with E-state index in [0.29, 0.717) is 29.4 Å². The second-order valence-electron chi connectivity index (χ2n) is 7.98. The van der Waals surface area contributed by atoms with Crippen LogP contribution >= 0.6 is 0 Å². The lowest BCUT2D eigenvalue weighted by Crippen LogP contribution is -2.42. The van der Waals surface area contributed by atoms with Gasteiger partial charge in [0.2, 0.25) is 5.91 Å². The van der Waals surface area contributed by atoms with Crippen LogP contribution in [0.5, 0.6) is 0 Å². The highest BCUT2D eigenvalue weighted by atomic mass is 16.5. The molecular weight excluding hydrogens is 384 g/mol. The summed E-state index contributed by atoms with van der Waals surface area (Å²) < 4.78 is 5.47. The molecule has 2 aliphatic rings. The summed E-state index contributed by atoms with van der Waals surface area (Å²) in [5.74, 6) is 0.968. The van der Waals surface area contributed by atoms with Gasteiger partial charge in [0, 0.05) is 25.4 Å². The molecule has 9 heteroatoms. The number of nitrogens with one attached hydrogen (secondary N) is 1. The Balaban J connectivity index is 1.60. The molecular formula is C21H26N6O3. The third-order valence-corrected chi connectivity index (χ3v) is 5.89. The number of hydrogen-bond acceptors (Lipinski definition) is 7. The number of rotatable bonds is 5. The smallest absolute Gasteiger partial charge is 0.267 e. The maximum Gasteiger partial charge on any atom is 0.267 e. The van der Waals surface area contributed by atoms with Crippen LogP contribution in [-0.4, -0.2) is 53.1 Å². The summed E-state index contributed by atoms with van der Waals surface area (Å²) in [5, 5.41) is 2.81. The van der Waals surface area contributed by atoms with E-state index in [4.69, 9.17) is 15.5 Å². The number of carbonyl (C=O) groups is 2. The zero-order valence-electron chi connectivity index (χ0n) is 17.2. The second kappa shape index (κ2) is 8.35. The van der Waals surface area contributed by atoms with Crippen LogP contribution in [0.1, 0.15) is 41.7 Å². The van der Waals surface area contributed by atoms with Crippen molar-refractivity contribution in [2.45, 2.75) is 38.7 Å². The first-order valence-electron chi connectivity index (χ1n) is 10.2. The number of primary amides is 1. The molecule has 0 unspecified atom stereocenters. The standard InChI is InChI=1S/C21H26N6O3/c1-12-7-16(19(22)29)23-8-15(12)17-9-24-20-21(25-17)27(11-18(28)26-20)10-13-3-5-14(30-2)6-4-13/h7-9,13-14H,3-6,10-11H2,1-2H3,(H2,22,29)(H,24,26,28). The molecule has 3 N–H and O–H groups in total.